The molecule has 0 amide bonds. The Morgan fingerprint density at radius 3 is 2.80 bits per heavy atom. The van der Waals surface area contributed by atoms with Gasteiger partial charge in [-0.3, -0.25) is 4.90 Å². The zero-order valence-electron chi connectivity index (χ0n) is 12.0. The second-order valence-corrected chi connectivity index (χ2v) is 5.46. The molecule has 20 heavy (non-hydrogen) atoms. The third-order valence-electron chi connectivity index (χ3n) is 4.10. The predicted molar refractivity (Wildman–Crippen MR) is 74.5 cm³/mol. The van der Waals surface area contributed by atoms with Gasteiger partial charge in [-0.15, -0.1) is 0 Å². The van der Waals surface area contributed by atoms with Crippen LogP contribution < -0.4 is 0 Å². The minimum absolute atomic E-state index is 0.0389. The first kappa shape index (κ1) is 15.4. The van der Waals surface area contributed by atoms with Gasteiger partial charge in [-0.05, 0) is 19.5 Å². The molecule has 1 aromatic carbocycles. The molecule has 1 saturated heterocycles. The molecule has 2 rings (SSSR count). The van der Waals surface area contributed by atoms with Gasteiger partial charge in [0.1, 0.15) is 0 Å². The van der Waals surface area contributed by atoms with E-state index in [0.29, 0.717) is 12.6 Å². The molecule has 0 radical (unpaired) electrons. The first-order valence-electron chi connectivity index (χ1n) is 7.07. The van der Waals surface area contributed by atoms with Crippen molar-refractivity contribution in [1.82, 2.24) is 9.80 Å². The van der Waals surface area contributed by atoms with Gasteiger partial charge in [0.05, 0.1) is 6.10 Å². The molecule has 1 aliphatic heterocycles. The molecule has 1 N–H and O–H groups in total. The van der Waals surface area contributed by atoms with Crippen LogP contribution >= 0.6 is 0 Å². The van der Waals surface area contributed by atoms with Gasteiger partial charge in [0.15, 0.2) is 11.6 Å². The van der Waals surface area contributed by atoms with Gasteiger partial charge < -0.3 is 10.0 Å². The first-order chi connectivity index (χ1) is 9.52. The van der Waals surface area contributed by atoms with Crippen LogP contribution in [0.2, 0.25) is 0 Å². The molecule has 5 heteroatoms. The average Bonchev–Trinajstić information content (AvgIpc) is 2.43. The number of halogens is 2. The molecule has 2 atom stereocenters. The summed E-state index contributed by atoms with van der Waals surface area (Å²) in [5, 5.41) is 10.1. The van der Waals surface area contributed by atoms with Crippen LogP contribution in [0.3, 0.4) is 0 Å². The van der Waals surface area contributed by atoms with E-state index in [1.54, 1.807) is 0 Å². The van der Waals surface area contributed by atoms with E-state index >= 15 is 0 Å². The van der Waals surface area contributed by atoms with Gasteiger partial charge in [0.25, 0.3) is 0 Å². The number of rotatable bonds is 4. The van der Waals surface area contributed by atoms with Crippen molar-refractivity contribution in [1.29, 1.82) is 0 Å². The summed E-state index contributed by atoms with van der Waals surface area (Å²) in [6, 6.07) is 4.38. The third-order valence-corrected chi connectivity index (χ3v) is 4.10. The Morgan fingerprint density at radius 2 is 2.10 bits per heavy atom. The Bertz CT molecular complexity index is 455. The molecule has 0 saturated carbocycles. The Labute approximate surface area is 118 Å². The van der Waals surface area contributed by atoms with Crippen LogP contribution in [0, 0.1) is 11.6 Å². The van der Waals surface area contributed by atoms with E-state index in [-0.39, 0.29) is 5.56 Å². The van der Waals surface area contributed by atoms with Crippen molar-refractivity contribution >= 4 is 0 Å². The summed E-state index contributed by atoms with van der Waals surface area (Å²) < 4.78 is 26.8. The topological polar surface area (TPSA) is 26.7 Å². The second kappa shape index (κ2) is 6.61. The van der Waals surface area contributed by atoms with E-state index in [1.807, 2.05) is 0 Å². The highest BCUT2D eigenvalue weighted by atomic mass is 19.2. The van der Waals surface area contributed by atoms with Crippen molar-refractivity contribution in [3.63, 3.8) is 0 Å². The van der Waals surface area contributed by atoms with Crippen LogP contribution in [0.15, 0.2) is 18.2 Å². The lowest BCUT2D eigenvalue weighted by atomic mass is 10.1. The first-order valence-corrected chi connectivity index (χ1v) is 7.07. The van der Waals surface area contributed by atoms with Crippen LogP contribution in [0.25, 0.3) is 0 Å². The smallest absolute Gasteiger partial charge is 0.164 e. The maximum atomic E-state index is 13.6. The molecule has 1 aliphatic rings. The molecular formula is C15H22F2N2O. The molecule has 0 aliphatic carbocycles. The number of hydrogen-bond donors (Lipinski definition) is 1. The monoisotopic (exact) mass is 284 g/mol. The van der Waals surface area contributed by atoms with Crippen LogP contribution in [0.4, 0.5) is 8.78 Å². The largest absolute Gasteiger partial charge is 0.387 e. The Balaban J connectivity index is 2.01. The summed E-state index contributed by atoms with van der Waals surface area (Å²) in [5.74, 6) is -1.85. The summed E-state index contributed by atoms with van der Waals surface area (Å²) in [6.45, 7) is 5.08. The highest BCUT2D eigenvalue weighted by molar-refractivity contribution is 5.21. The summed E-state index contributed by atoms with van der Waals surface area (Å²) in [4.78, 5) is 4.41. The fraction of sp³-hybridized carbons (Fsp3) is 0.600. The fourth-order valence-corrected chi connectivity index (χ4v) is 2.74. The maximum absolute atomic E-state index is 13.6. The van der Waals surface area contributed by atoms with Crippen molar-refractivity contribution in [3.05, 3.63) is 35.4 Å². The number of aliphatic hydroxyl groups excluding tert-OH is 1. The van der Waals surface area contributed by atoms with E-state index in [1.165, 1.54) is 12.1 Å². The molecule has 1 aromatic rings. The quantitative estimate of drug-likeness (QED) is 0.916. The normalized spacial score (nSPS) is 22.9. The molecule has 1 heterocycles. The van der Waals surface area contributed by atoms with Crippen molar-refractivity contribution in [3.8, 4) is 0 Å². The summed E-state index contributed by atoms with van der Waals surface area (Å²) in [5.41, 5.74) is 0.0389. The van der Waals surface area contributed by atoms with Gasteiger partial charge in [0.2, 0.25) is 0 Å². The predicted octanol–water partition coefficient (Wildman–Crippen LogP) is 2.02. The van der Waals surface area contributed by atoms with Crippen molar-refractivity contribution in [2.24, 2.45) is 0 Å². The van der Waals surface area contributed by atoms with E-state index in [9.17, 15) is 13.9 Å². The molecule has 3 nitrogen and oxygen atoms in total. The summed E-state index contributed by atoms with van der Waals surface area (Å²) in [7, 11) is 2.09. The van der Waals surface area contributed by atoms with E-state index < -0.39 is 17.7 Å². The van der Waals surface area contributed by atoms with Gasteiger partial charge in [-0.1, -0.05) is 19.1 Å². The van der Waals surface area contributed by atoms with E-state index in [4.69, 9.17) is 0 Å². The standard InChI is InChI=1S/C15H22F2N2O/c1-3-11-9-19(8-7-18(11)2)10-14(20)12-5-4-6-13(16)15(12)17/h4-6,11,14,20H,3,7-10H2,1-2H3. The lowest BCUT2D eigenvalue weighted by Gasteiger charge is -2.39. The number of benzene rings is 1. The van der Waals surface area contributed by atoms with Crippen molar-refractivity contribution in [2.75, 3.05) is 33.2 Å². The number of aliphatic hydroxyl groups is 1. The molecule has 0 spiro atoms. The van der Waals surface area contributed by atoms with Gasteiger partial charge in [-0.25, -0.2) is 8.78 Å². The lowest BCUT2D eigenvalue weighted by molar-refractivity contribution is 0.0488. The van der Waals surface area contributed by atoms with Crippen LogP contribution in [-0.4, -0.2) is 54.2 Å². The number of β-amino-alcohol motifs (C(OH)–C–C–N with tert-alkyl or cyclic N) is 1. The van der Waals surface area contributed by atoms with Crippen LogP contribution in [0.1, 0.15) is 25.0 Å². The molecular weight excluding hydrogens is 262 g/mol. The Morgan fingerprint density at radius 1 is 1.35 bits per heavy atom. The summed E-state index contributed by atoms with van der Waals surface area (Å²) in [6.07, 6.45) is 0.0452. The highest BCUT2D eigenvalue weighted by Crippen LogP contribution is 2.21. The maximum Gasteiger partial charge on any atom is 0.164 e. The van der Waals surface area contributed by atoms with Gasteiger partial charge in [-0.2, -0.15) is 0 Å². The molecule has 112 valence electrons. The number of likely N-dealkylation sites (N-methyl/N-ethyl adjacent to an activating group) is 1. The van der Waals surface area contributed by atoms with Crippen LogP contribution in [-0.2, 0) is 0 Å². The van der Waals surface area contributed by atoms with E-state index in [2.05, 4.69) is 23.8 Å². The number of hydrogen-bond acceptors (Lipinski definition) is 3. The van der Waals surface area contributed by atoms with Gasteiger partial charge >= 0.3 is 0 Å². The minimum Gasteiger partial charge on any atom is -0.387 e. The second-order valence-electron chi connectivity index (χ2n) is 5.46. The van der Waals surface area contributed by atoms with Crippen molar-refractivity contribution < 1.29 is 13.9 Å². The average molecular weight is 284 g/mol. The SMILES string of the molecule is CCC1CN(CC(O)c2cccc(F)c2F)CCN1C. The van der Waals surface area contributed by atoms with E-state index in [0.717, 1.165) is 32.1 Å². The van der Waals surface area contributed by atoms with Gasteiger partial charge in [0, 0.05) is 37.8 Å². The fourth-order valence-electron chi connectivity index (χ4n) is 2.74. The minimum atomic E-state index is -0.994. The molecule has 0 aromatic heterocycles. The molecule has 0 bridgehead atoms. The Kier molecular flexibility index (Phi) is 5.07. The zero-order chi connectivity index (χ0) is 14.7. The summed E-state index contributed by atoms with van der Waals surface area (Å²) >= 11 is 0. The molecule has 1 fully saturated rings. The molecule has 2 unspecified atom stereocenters. The number of piperazine rings is 1. The third kappa shape index (κ3) is 3.34. The Hall–Kier alpha value is -1.04. The lowest BCUT2D eigenvalue weighted by Crippen LogP contribution is -2.51. The number of nitrogens with zero attached hydrogens (tertiary/aromatic N) is 2. The highest BCUT2D eigenvalue weighted by Gasteiger charge is 2.25. The van der Waals surface area contributed by atoms with Crippen LogP contribution in [0.5, 0.6) is 0 Å². The zero-order valence-corrected chi connectivity index (χ0v) is 12.0. The van der Waals surface area contributed by atoms with Crippen molar-refractivity contribution in [2.45, 2.75) is 25.5 Å².